The van der Waals surface area contributed by atoms with Gasteiger partial charge >= 0.3 is 11.9 Å². The average Bonchev–Trinajstić information content (AvgIpc) is 2.13. The van der Waals surface area contributed by atoms with Crippen LogP contribution in [-0.4, -0.2) is 29.7 Å². The van der Waals surface area contributed by atoms with Crippen molar-refractivity contribution in [3.63, 3.8) is 0 Å². The zero-order valence-electron chi connectivity index (χ0n) is 10.2. The van der Waals surface area contributed by atoms with Crippen LogP contribution in [-0.2, 0) is 14.3 Å². The molecule has 0 aromatic heterocycles. The van der Waals surface area contributed by atoms with E-state index in [1.54, 1.807) is 6.92 Å². The number of carboxylic acids is 1. The van der Waals surface area contributed by atoms with Gasteiger partial charge in [-0.2, -0.15) is 0 Å². The molecule has 5 heteroatoms. The number of carboxylic acid groups (broad SMARTS) is 1. The summed E-state index contributed by atoms with van der Waals surface area (Å²) in [6.45, 7) is 7.09. The van der Waals surface area contributed by atoms with Gasteiger partial charge in [-0.15, -0.1) is 6.54 Å². The van der Waals surface area contributed by atoms with Gasteiger partial charge in [-0.1, -0.05) is 27.7 Å². The van der Waals surface area contributed by atoms with E-state index in [0.29, 0.717) is 0 Å². The first-order chi connectivity index (χ1) is 7.17. The molecule has 0 rings (SSSR count). The first-order valence-electron chi connectivity index (χ1n) is 5.25. The molecule has 0 saturated carbocycles. The second-order valence-corrected chi connectivity index (χ2v) is 5.13. The zero-order chi connectivity index (χ0) is 12.9. The van der Waals surface area contributed by atoms with E-state index in [4.69, 9.17) is 15.6 Å². The molecule has 0 heterocycles. The largest absolute Gasteiger partial charge is 0.677 e. The van der Waals surface area contributed by atoms with Crippen molar-refractivity contribution >= 4 is 11.9 Å². The molecule has 16 heavy (non-hydrogen) atoms. The lowest BCUT2D eigenvalue weighted by molar-refractivity contribution is -0.168. The number of hydrogen-bond donors (Lipinski definition) is 1. The SMILES string of the molecule is C[C@H](C[NH-])C(=O)OC(CC(C)(C)C)C(=O)O. The lowest BCUT2D eigenvalue weighted by Gasteiger charge is -2.24. The Morgan fingerprint density at radius 1 is 1.38 bits per heavy atom. The Hall–Kier alpha value is -1.10. The smallest absolute Gasteiger partial charge is 0.345 e. The van der Waals surface area contributed by atoms with Crippen LogP contribution in [0.15, 0.2) is 0 Å². The highest BCUT2D eigenvalue weighted by atomic mass is 16.6. The number of carbonyl (C=O) groups excluding carboxylic acids is 1. The minimum atomic E-state index is -1.14. The Morgan fingerprint density at radius 2 is 1.88 bits per heavy atom. The number of aliphatic carboxylic acids is 1. The Balaban J connectivity index is 4.47. The summed E-state index contributed by atoms with van der Waals surface area (Å²) in [7, 11) is 0. The third-order valence-electron chi connectivity index (χ3n) is 2.04. The third-order valence-corrected chi connectivity index (χ3v) is 2.04. The maximum absolute atomic E-state index is 11.4. The van der Waals surface area contributed by atoms with E-state index in [1.807, 2.05) is 20.8 Å². The van der Waals surface area contributed by atoms with Gasteiger partial charge in [0.1, 0.15) is 0 Å². The molecule has 0 radical (unpaired) electrons. The van der Waals surface area contributed by atoms with E-state index >= 15 is 0 Å². The van der Waals surface area contributed by atoms with Crippen LogP contribution in [0.1, 0.15) is 34.1 Å². The van der Waals surface area contributed by atoms with Gasteiger partial charge < -0.3 is 15.6 Å². The minimum Gasteiger partial charge on any atom is -0.677 e. The van der Waals surface area contributed by atoms with E-state index in [2.05, 4.69) is 0 Å². The Kier molecular flexibility index (Phi) is 5.44. The maximum atomic E-state index is 11.4. The molecule has 0 aliphatic heterocycles. The lowest BCUT2D eigenvalue weighted by atomic mass is 9.89. The van der Waals surface area contributed by atoms with Crippen LogP contribution >= 0.6 is 0 Å². The highest BCUT2D eigenvalue weighted by Gasteiger charge is 2.28. The van der Waals surface area contributed by atoms with Crippen molar-refractivity contribution in [2.24, 2.45) is 11.3 Å². The summed E-state index contributed by atoms with van der Waals surface area (Å²) >= 11 is 0. The third kappa shape index (κ3) is 5.70. The van der Waals surface area contributed by atoms with Crippen LogP contribution < -0.4 is 0 Å². The fourth-order valence-electron chi connectivity index (χ4n) is 1.08. The van der Waals surface area contributed by atoms with Gasteiger partial charge in [0.25, 0.3) is 0 Å². The maximum Gasteiger partial charge on any atom is 0.345 e. The number of carbonyl (C=O) groups is 2. The predicted octanol–water partition coefficient (Wildman–Crippen LogP) is 2.11. The number of hydrogen-bond acceptors (Lipinski definition) is 3. The van der Waals surface area contributed by atoms with Crippen molar-refractivity contribution in [1.82, 2.24) is 0 Å². The van der Waals surface area contributed by atoms with Gasteiger partial charge in [0, 0.05) is 12.3 Å². The first-order valence-corrected chi connectivity index (χ1v) is 5.25. The molecular formula is C11H20NO4-. The van der Waals surface area contributed by atoms with Gasteiger partial charge in [0.2, 0.25) is 0 Å². The molecular weight excluding hydrogens is 210 g/mol. The monoisotopic (exact) mass is 230 g/mol. The summed E-state index contributed by atoms with van der Waals surface area (Å²) in [5.41, 5.74) is 6.79. The summed E-state index contributed by atoms with van der Waals surface area (Å²) in [6, 6.07) is 0. The second kappa shape index (κ2) is 5.84. The van der Waals surface area contributed by atoms with E-state index in [-0.39, 0.29) is 18.4 Å². The van der Waals surface area contributed by atoms with Crippen LogP contribution in [0.5, 0.6) is 0 Å². The second-order valence-electron chi connectivity index (χ2n) is 5.13. The number of rotatable bonds is 5. The molecule has 0 saturated heterocycles. The molecule has 94 valence electrons. The number of nitrogens with one attached hydrogen (secondary N) is 1. The van der Waals surface area contributed by atoms with Crippen molar-refractivity contribution in [2.45, 2.75) is 40.2 Å². The topological polar surface area (TPSA) is 87.4 Å². The standard InChI is InChI=1S/C11H20NO4/c1-7(6-12)10(15)16-8(9(13)14)5-11(2,3)4/h7-8,12H,5-6H2,1-4H3,(H,13,14)/q-1/t7-,8?/m1/s1. The van der Waals surface area contributed by atoms with Crippen molar-refractivity contribution in [3.8, 4) is 0 Å². The molecule has 0 aliphatic rings. The van der Waals surface area contributed by atoms with E-state index in [1.165, 1.54) is 0 Å². The van der Waals surface area contributed by atoms with Gasteiger partial charge in [0.15, 0.2) is 6.10 Å². The minimum absolute atomic E-state index is 0.0965. The molecule has 0 aromatic carbocycles. The van der Waals surface area contributed by atoms with Gasteiger partial charge in [-0.3, -0.25) is 4.79 Å². The fraction of sp³-hybridized carbons (Fsp3) is 0.818. The van der Waals surface area contributed by atoms with Crippen LogP contribution in [0.4, 0.5) is 0 Å². The summed E-state index contributed by atoms with van der Waals surface area (Å²) in [4.78, 5) is 22.3. The highest BCUT2D eigenvalue weighted by Crippen LogP contribution is 2.23. The van der Waals surface area contributed by atoms with E-state index in [0.717, 1.165) is 0 Å². The molecule has 0 aromatic rings. The van der Waals surface area contributed by atoms with Crippen LogP contribution in [0.25, 0.3) is 5.73 Å². The van der Waals surface area contributed by atoms with E-state index < -0.39 is 24.0 Å². The highest BCUT2D eigenvalue weighted by molar-refractivity contribution is 5.79. The van der Waals surface area contributed by atoms with Gasteiger partial charge in [-0.25, -0.2) is 4.79 Å². The van der Waals surface area contributed by atoms with Crippen LogP contribution in [0.2, 0.25) is 0 Å². The summed E-state index contributed by atoms with van der Waals surface area (Å²) < 4.78 is 4.88. The van der Waals surface area contributed by atoms with Gasteiger partial charge in [-0.05, 0) is 5.41 Å². The number of ether oxygens (including phenoxy) is 1. The van der Waals surface area contributed by atoms with E-state index in [9.17, 15) is 9.59 Å². The number of esters is 1. The predicted molar refractivity (Wildman–Crippen MR) is 59.9 cm³/mol. The molecule has 0 bridgehead atoms. The molecule has 0 fully saturated rings. The zero-order valence-corrected chi connectivity index (χ0v) is 10.2. The molecule has 5 nitrogen and oxygen atoms in total. The normalized spacial score (nSPS) is 15.3. The summed E-state index contributed by atoms with van der Waals surface area (Å²) in [6.07, 6.45) is -0.861. The Labute approximate surface area is 96.0 Å². The van der Waals surface area contributed by atoms with Crippen molar-refractivity contribution < 1.29 is 19.4 Å². The summed E-state index contributed by atoms with van der Waals surface area (Å²) in [5.74, 6) is -2.34. The average molecular weight is 230 g/mol. The fourth-order valence-corrected chi connectivity index (χ4v) is 1.08. The van der Waals surface area contributed by atoms with Crippen molar-refractivity contribution in [3.05, 3.63) is 5.73 Å². The van der Waals surface area contributed by atoms with Crippen molar-refractivity contribution in [2.75, 3.05) is 6.54 Å². The quantitative estimate of drug-likeness (QED) is 0.732. The molecule has 0 spiro atoms. The van der Waals surface area contributed by atoms with Crippen molar-refractivity contribution in [1.29, 1.82) is 0 Å². The summed E-state index contributed by atoms with van der Waals surface area (Å²) in [5, 5.41) is 8.92. The van der Waals surface area contributed by atoms with Crippen LogP contribution in [0, 0.1) is 11.3 Å². The molecule has 0 aliphatic carbocycles. The Bertz CT molecular complexity index is 257. The molecule has 1 unspecified atom stereocenters. The lowest BCUT2D eigenvalue weighted by Crippen LogP contribution is -2.33. The van der Waals surface area contributed by atoms with Gasteiger partial charge in [0.05, 0.1) is 0 Å². The Morgan fingerprint density at radius 3 is 2.19 bits per heavy atom. The first kappa shape index (κ1) is 14.9. The molecule has 2 atom stereocenters. The molecule has 0 amide bonds. The molecule has 2 N–H and O–H groups in total. The van der Waals surface area contributed by atoms with Crippen LogP contribution in [0.3, 0.4) is 0 Å².